The fraction of sp³-hybridized carbons (Fsp3) is 0.500. The van der Waals surface area contributed by atoms with Gasteiger partial charge in [0.2, 0.25) is 0 Å². The van der Waals surface area contributed by atoms with E-state index in [-0.39, 0.29) is 0 Å². The van der Waals surface area contributed by atoms with Crippen LogP contribution in [-0.2, 0) is 22.9 Å². The third kappa shape index (κ3) is 5.38. The molecule has 1 heterocycles. The Morgan fingerprint density at radius 3 is 1.76 bits per heavy atom. The Kier molecular flexibility index (Phi) is 9.44. The van der Waals surface area contributed by atoms with Crippen LogP contribution in [0.1, 0.15) is 100 Å². The van der Waals surface area contributed by atoms with Crippen molar-refractivity contribution < 1.29 is 22.9 Å². The molecule has 0 amide bonds. The van der Waals surface area contributed by atoms with E-state index < -0.39 is 22.9 Å². The number of rotatable bonds is 8. The Labute approximate surface area is 222 Å². The van der Waals surface area contributed by atoms with Crippen LogP contribution >= 0.6 is 0 Å². The molecule has 3 aliphatic rings. The maximum absolute atomic E-state index is 2.49. The first-order valence-corrected chi connectivity index (χ1v) is 20.2. The fourth-order valence-electron chi connectivity index (χ4n) is 6.87. The first-order valence-electron chi connectivity index (χ1n) is 13.9. The molecular formula is C32H44HfSi. The number of allylic oxidation sites excluding steroid dienone is 2. The standard InChI is InChI=1S/C24H25.C4H10Si.C4H9.Hf/c1-4-9-22(23-16(2)14-18-10-5-7-12-20(18)23)24-17(3)15-19-11-6-8-13-21(19)24;1-2-4-5-3-1;1-3-4-2;/h5-8,10-15,23-24H,4,9H2,1-3H3;1-5H2;1,3-4H2,2H3;. The number of hydrogen-bond donors (Lipinski definition) is 0. The summed E-state index contributed by atoms with van der Waals surface area (Å²) in [6.07, 6.45) is 13.5. The van der Waals surface area contributed by atoms with Gasteiger partial charge in [0.05, 0.1) is 0 Å². The molecule has 2 aromatic rings. The van der Waals surface area contributed by atoms with Crippen LogP contribution in [0.3, 0.4) is 0 Å². The third-order valence-electron chi connectivity index (χ3n) is 8.22. The quantitative estimate of drug-likeness (QED) is 0.200. The molecule has 1 aliphatic heterocycles. The number of benzene rings is 2. The van der Waals surface area contributed by atoms with Crippen LogP contribution < -0.4 is 0 Å². The van der Waals surface area contributed by atoms with Gasteiger partial charge in [-0.25, -0.2) is 0 Å². The number of hydrogen-bond acceptors (Lipinski definition) is 0. The van der Waals surface area contributed by atoms with Crippen molar-refractivity contribution in [2.24, 2.45) is 0 Å². The van der Waals surface area contributed by atoms with E-state index in [4.69, 9.17) is 0 Å². The SMILES string of the molecule is C1CC[SiH2]C1.CCC[CH2][Hf][C](CCC)(C1C(C)=Cc2ccccc21)C1C(C)=Cc2ccccc21. The molecule has 34 heavy (non-hydrogen) atoms. The summed E-state index contributed by atoms with van der Waals surface area (Å²) in [4.78, 5) is 0. The zero-order valence-corrected chi connectivity index (χ0v) is 27.0. The Morgan fingerprint density at radius 1 is 0.794 bits per heavy atom. The Balaban J connectivity index is 0.000000486. The summed E-state index contributed by atoms with van der Waals surface area (Å²) >= 11 is -0.925. The second-order valence-electron chi connectivity index (χ2n) is 10.7. The summed E-state index contributed by atoms with van der Waals surface area (Å²) in [5, 5.41) is 0. The van der Waals surface area contributed by atoms with E-state index >= 15 is 0 Å². The van der Waals surface area contributed by atoms with Crippen molar-refractivity contribution in [3.8, 4) is 0 Å². The fourth-order valence-corrected chi connectivity index (χ4v) is 18.0. The molecule has 5 rings (SSSR count). The number of fused-ring (bicyclic) bond motifs is 2. The molecule has 0 spiro atoms. The zero-order valence-electron chi connectivity index (χ0n) is 22.0. The Morgan fingerprint density at radius 2 is 1.32 bits per heavy atom. The van der Waals surface area contributed by atoms with Gasteiger partial charge in [0.1, 0.15) is 0 Å². The van der Waals surface area contributed by atoms with E-state index in [1.165, 1.54) is 41.0 Å². The van der Waals surface area contributed by atoms with Crippen LogP contribution in [0.2, 0.25) is 19.4 Å². The number of unbranched alkanes of at least 4 members (excludes halogenated alkanes) is 1. The molecular weight excluding hydrogens is 591 g/mol. The van der Waals surface area contributed by atoms with Crippen molar-refractivity contribution in [2.45, 2.75) is 97.5 Å². The van der Waals surface area contributed by atoms with Crippen LogP contribution in [-0.4, -0.2) is 9.52 Å². The summed E-state index contributed by atoms with van der Waals surface area (Å²) < 4.78 is 1.97. The summed E-state index contributed by atoms with van der Waals surface area (Å²) in [5.74, 6) is 1.22. The van der Waals surface area contributed by atoms with Gasteiger partial charge < -0.3 is 0 Å². The normalized spacial score (nSPS) is 22.1. The zero-order chi connectivity index (χ0) is 24.0. The van der Waals surface area contributed by atoms with Crippen molar-refractivity contribution >= 4 is 21.7 Å². The van der Waals surface area contributed by atoms with E-state index in [2.05, 4.69) is 88.4 Å². The molecule has 0 N–H and O–H groups in total. The third-order valence-corrected chi connectivity index (χ3v) is 17.7. The topological polar surface area (TPSA) is 0 Å². The van der Waals surface area contributed by atoms with E-state index in [0.717, 1.165) is 0 Å². The van der Waals surface area contributed by atoms with Crippen LogP contribution in [0.25, 0.3) is 12.2 Å². The van der Waals surface area contributed by atoms with Gasteiger partial charge in [0.25, 0.3) is 0 Å². The molecule has 0 aromatic heterocycles. The summed E-state index contributed by atoms with van der Waals surface area (Å²) in [7, 11) is 0.543. The van der Waals surface area contributed by atoms with Gasteiger partial charge in [-0.05, 0) is 0 Å². The molecule has 0 saturated carbocycles. The van der Waals surface area contributed by atoms with Crippen molar-refractivity contribution in [3.05, 3.63) is 81.9 Å². The summed E-state index contributed by atoms with van der Waals surface area (Å²) in [5.41, 5.74) is 9.39. The minimum atomic E-state index is -0.925. The van der Waals surface area contributed by atoms with Gasteiger partial charge in [0.15, 0.2) is 0 Å². The Hall–Kier alpha value is -0.993. The summed E-state index contributed by atoms with van der Waals surface area (Å²) in [6.45, 7) is 9.60. The molecule has 2 aliphatic carbocycles. The second-order valence-corrected chi connectivity index (χ2v) is 19.3. The van der Waals surface area contributed by atoms with Gasteiger partial charge in [-0.1, -0.05) is 24.9 Å². The van der Waals surface area contributed by atoms with Gasteiger partial charge >= 0.3 is 190 Å². The average molecular weight is 635 g/mol. The summed E-state index contributed by atoms with van der Waals surface area (Å²) in [6, 6.07) is 21.8. The molecule has 180 valence electrons. The van der Waals surface area contributed by atoms with E-state index in [1.54, 1.807) is 47.2 Å². The predicted octanol–water partition coefficient (Wildman–Crippen LogP) is 9.43. The Bertz CT molecular complexity index is 938. The van der Waals surface area contributed by atoms with Crippen LogP contribution in [0.4, 0.5) is 0 Å². The second kappa shape index (κ2) is 12.3. The molecule has 1 saturated heterocycles. The van der Waals surface area contributed by atoms with E-state index in [9.17, 15) is 0 Å². The van der Waals surface area contributed by atoms with Gasteiger partial charge in [-0.15, -0.1) is 0 Å². The molecule has 1 fully saturated rings. The van der Waals surface area contributed by atoms with E-state index in [0.29, 0.717) is 24.5 Å². The van der Waals surface area contributed by atoms with Crippen molar-refractivity contribution in [1.29, 1.82) is 0 Å². The molecule has 2 unspecified atom stereocenters. The van der Waals surface area contributed by atoms with Gasteiger partial charge in [-0.3, -0.25) is 0 Å². The van der Waals surface area contributed by atoms with Crippen LogP contribution in [0.5, 0.6) is 0 Å². The maximum atomic E-state index is 2.49. The molecule has 2 atom stereocenters. The van der Waals surface area contributed by atoms with Gasteiger partial charge in [0, 0.05) is 9.52 Å². The average Bonchev–Trinajstić information content (AvgIpc) is 3.58. The molecule has 2 heteroatoms. The molecule has 0 nitrogen and oxygen atoms in total. The van der Waals surface area contributed by atoms with Crippen LogP contribution in [0, 0.1) is 0 Å². The van der Waals surface area contributed by atoms with Crippen molar-refractivity contribution in [3.63, 3.8) is 0 Å². The van der Waals surface area contributed by atoms with Crippen molar-refractivity contribution in [1.82, 2.24) is 0 Å². The van der Waals surface area contributed by atoms with Crippen molar-refractivity contribution in [2.75, 3.05) is 0 Å². The first kappa shape index (κ1) is 26.1. The molecule has 0 bridgehead atoms. The van der Waals surface area contributed by atoms with Crippen LogP contribution in [0.15, 0.2) is 59.7 Å². The monoisotopic (exact) mass is 636 g/mol. The first-order chi connectivity index (χ1) is 16.6. The van der Waals surface area contributed by atoms with E-state index in [1.807, 2.05) is 0 Å². The molecule has 0 radical (unpaired) electrons. The predicted molar refractivity (Wildman–Crippen MR) is 150 cm³/mol. The van der Waals surface area contributed by atoms with Gasteiger partial charge in [-0.2, -0.15) is 0 Å². The molecule has 2 aromatic carbocycles. The minimum absolute atomic E-state index is 0.449.